The highest BCUT2D eigenvalue weighted by atomic mass is 35.5. The molecule has 0 aliphatic heterocycles. The van der Waals surface area contributed by atoms with Gasteiger partial charge in [-0.2, -0.15) is 0 Å². The summed E-state index contributed by atoms with van der Waals surface area (Å²) in [6.07, 6.45) is 3.27. The van der Waals surface area contributed by atoms with Crippen LogP contribution in [0.2, 0.25) is 10.0 Å². The Morgan fingerprint density at radius 1 is 0.895 bits per heavy atom. The normalized spacial score (nSPS) is 11.0. The summed E-state index contributed by atoms with van der Waals surface area (Å²) < 4.78 is 28.0. The first-order valence-electron chi connectivity index (χ1n) is 11.3. The van der Waals surface area contributed by atoms with E-state index >= 15 is 0 Å². The van der Waals surface area contributed by atoms with Gasteiger partial charge in [-0.15, -0.1) is 0 Å². The maximum atomic E-state index is 13.6. The fourth-order valence-corrected chi connectivity index (χ4v) is 5.48. The van der Waals surface area contributed by atoms with E-state index in [4.69, 9.17) is 23.2 Å². The highest BCUT2D eigenvalue weighted by Crippen LogP contribution is 2.33. The van der Waals surface area contributed by atoms with Crippen LogP contribution in [0.5, 0.6) is 0 Å². The zero-order valence-electron chi connectivity index (χ0n) is 19.8. The number of benzene rings is 3. The third-order valence-corrected chi connectivity index (χ3v) is 7.75. The molecule has 1 aromatic heterocycles. The molecule has 2 N–H and O–H groups in total. The average Bonchev–Trinajstić information content (AvgIpc) is 2.93. The second-order valence-corrected chi connectivity index (χ2v) is 10.8. The van der Waals surface area contributed by atoms with Gasteiger partial charge in [-0.05, 0) is 54.1 Å². The molecule has 4 rings (SSSR count). The number of hydrogen-bond donors (Lipinski definition) is 2. The number of carbonyl (C=O) groups excluding carboxylic acids is 2. The Morgan fingerprint density at radius 2 is 1.63 bits per heavy atom. The van der Waals surface area contributed by atoms with Gasteiger partial charge in [0.15, 0.2) is 0 Å². The molecule has 0 aliphatic rings. The Kier molecular flexibility index (Phi) is 8.62. The number of rotatable bonds is 9. The van der Waals surface area contributed by atoms with Gasteiger partial charge >= 0.3 is 0 Å². The summed E-state index contributed by atoms with van der Waals surface area (Å²) >= 11 is 12.5. The molecular formula is C27H22Cl2N4O4S. The predicted molar refractivity (Wildman–Crippen MR) is 148 cm³/mol. The Labute approximate surface area is 230 Å². The molecule has 38 heavy (non-hydrogen) atoms. The molecule has 0 saturated heterocycles. The van der Waals surface area contributed by atoms with E-state index in [0.29, 0.717) is 0 Å². The van der Waals surface area contributed by atoms with Crippen molar-refractivity contribution in [3.63, 3.8) is 0 Å². The van der Waals surface area contributed by atoms with E-state index in [1.165, 1.54) is 30.3 Å². The monoisotopic (exact) mass is 568 g/mol. The van der Waals surface area contributed by atoms with E-state index in [2.05, 4.69) is 15.6 Å². The SMILES string of the molecule is O=C(CN(c1cc(Cl)ccc1Cl)S(=O)(=O)c1ccccc1)Nc1ccccc1C(=O)NCc1cccnc1. The molecule has 0 fully saturated rings. The lowest BCUT2D eigenvalue weighted by Gasteiger charge is -2.25. The van der Waals surface area contributed by atoms with Crippen molar-refractivity contribution in [2.45, 2.75) is 11.4 Å². The van der Waals surface area contributed by atoms with Crippen LogP contribution in [0.1, 0.15) is 15.9 Å². The van der Waals surface area contributed by atoms with E-state index in [-0.39, 0.29) is 38.4 Å². The number of amides is 2. The van der Waals surface area contributed by atoms with E-state index in [9.17, 15) is 18.0 Å². The number of para-hydroxylation sites is 1. The van der Waals surface area contributed by atoms with Crippen molar-refractivity contribution in [2.24, 2.45) is 0 Å². The van der Waals surface area contributed by atoms with Crippen LogP contribution >= 0.6 is 23.2 Å². The first-order valence-corrected chi connectivity index (χ1v) is 13.5. The minimum atomic E-state index is -4.20. The lowest BCUT2D eigenvalue weighted by molar-refractivity contribution is -0.114. The van der Waals surface area contributed by atoms with Gasteiger partial charge in [0, 0.05) is 24.0 Å². The molecule has 0 radical (unpaired) electrons. The molecule has 0 bridgehead atoms. The number of sulfonamides is 1. The van der Waals surface area contributed by atoms with Crippen LogP contribution in [-0.2, 0) is 21.4 Å². The number of nitrogens with one attached hydrogen (secondary N) is 2. The van der Waals surface area contributed by atoms with Gasteiger partial charge in [0.05, 0.1) is 26.9 Å². The number of halogens is 2. The molecular weight excluding hydrogens is 547 g/mol. The number of carbonyl (C=O) groups is 2. The van der Waals surface area contributed by atoms with Crippen molar-refractivity contribution in [2.75, 3.05) is 16.2 Å². The first kappa shape index (κ1) is 27.1. The molecule has 2 amide bonds. The van der Waals surface area contributed by atoms with Gasteiger partial charge in [0.2, 0.25) is 5.91 Å². The number of nitrogens with zero attached hydrogens (tertiary/aromatic N) is 2. The van der Waals surface area contributed by atoms with Crippen LogP contribution in [0.15, 0.2) is 102 Å². The smallest absolute Gasteiger partial charge is 0.264 e. The summed E-state index contributed by atoms with van der Waals surface area (Å²) in [5.41, 5.74) is 1.28. The molecule has 11 heteroatoms. The van der Waals surface area contributed by atoms with Gasteiger partial charge in [-0.1, -0.05) is 59.6 Å². The van der Waals surface area contributed by atoms with Crippen LogP contribution < -0.4 is 14.9 Å². The van der Waals surface area contributed by atoms with E-state index in [0.717, 1.165) is 9.87 Å². The quantitative estimate of drug-likeness (QED) is 0.290. The molecule has 194 valence electrons. The summed E-state index contributed by atoms with van der Waals surface area (Å²) in [6, 6.07) is 22.0. The number of hydrogen-bond acceptors (Lipinski definition) is 5. The summed E-state index contributed by atoms with van der Waals surface area (Å²) in [6.45, 7) is -0.381. The van der Waals surface area contributed by atoms with Gasteiger partial charge in [-0.25, -0.2) is 8.42 Å². The molecule has 0 spiro atoms. The van der Waals surface area contributed by atoms with Crippen molar-refractivity contribution < 1.29 is 18.0 Å². The molecule has 0 atom stereocenters. The molecule has 0 unspecified atom stereocenters. The average molecular weight is 569 g/mol. The highest BCUT2D eigenvalue weighted by molar-refractivity contribution is 7.92. The molecule has 0 saturated carbocycles. The van der Waals surface area contributed by atoms with E-state index in [1.54, 1.807) is 60.9 Å². The number of pyridine rings is 1. The van der Waals surface area contributed by atoms with Crippen LogP contribution in [0.4, 0.5) is 11.4 Å². The maximum Gasteiger partial charge on any atom is 0.264 e. The van der Waals surface area contributed by atoms with Crippen molar-refractivity contribution in [1.82, 2.24) is 10.3 Å². The summed E-state index contributed by atoms with van der Waals surface area (Å²) in [5, 5.41) is 5.78. The Morgan fingerprint density at radius 3 is 2.37 bits per heavy atom. The zero-order valence-corrected chi connectivity index (χ0v) is 22.2. The first-order chi connectivity index (χ1) is 18.3. The van der Waals surface area contributed by atoms with Crippen molar-refractivity contribution >= 4 is 56.4 Å². The van der Waals surface area contributed by atoms with Gasteiger partial charge in [0.1, 0.15) is 6.54 Å². The second kappa shape index (κ2) is 12.1. The Hall–Kier alpha value is -3.92. The van der Waals surface area contributed by atoms with Crippen molar-refractivity contribution in [3.05, 3.63) is 118 Å². The minimum Gasteiger partial charge on any atom is -0.348 e. The zero-order chi connectivity index (χ0) is 27.1. The molecule has 0 aliphatic carbocycles. The van der Waals surface area contributed by atoms with Gasteiger partial charge in [0.25, 0.3) is 15.9 Å². The lowest BCUT2D eigenvalue weighted by atomic mass is 10.1. The summed E-state index contributed by atoms with van der Waals surface area (Å²) in [7, 11) is -4.20. The van der Waals surface area contributed by atoms with E-state index in [1.807, 2.05) is 6.07 Å². The van der Waals surface area contributed by atoms with Crippen molar-refractivity contribution in [3.8, 4) is 0 Å². The molecule has 1 heterocycles. The van der Waals surface area contributed by atoms with E-state index < -0.39 is 28.4 Å². The predicted octanol–water partition coefficient (Wildman–Crippen LogP) is 5.15. The molecule has 3 aromatic carbocycles. The summed E-state index contributed by atoms with van der Waals surface area (Å²) in [4.78, 5) is 30.1. The topological polar surface area (TPSA) is 108 Å². The Balaban J connectivity index is 1.59. The fourth-order valence-electron chi connectivity index (χ4n) is 3.59. The minimum absolute atomic E-state index is 0.0287. The number of anilines is 2. The third kappa shape index (κ3) is 6.49. The van der Waals surface area contributed by atoms with Crippen LogP contribution in [-0.4, -0.2) is 31.8 Å². The maximum absolute atomic E-state index is 13.6. The Bertz CT molecular complexity index is 1550. The highest BCUT2D eigenvalue weighted by Gasteiger charge is 2.29. The van der Waals surface area contributed by atoms with Crippen LogP contribution in [0.3, 0.4) is 0 Å². The van der Waals surface area contributed by atoms with Gasteiger partial charge in [-0.3, -0.25) is 18.9 Å². The largest absolute Gasteiger partial charge is 0.348 e. The molecule has 8 nitrogen and oxygen atoms in total. The lowest BCUT2D eigenvalue weighted by Crippen LogP contribution is -2.38. The summed E-state index contributed by atoms with van der Waals surface area (Å²) in [5.74, 6) is -1.11. The second-order valence-electron chi connectivity index (χ2n) is 8.06. The fraction of sp³-hybridized carbons (Fsp3) is 0.0741. The van der Waals surface area contributed by atoms with Crippen LogP contribution in [0.25, 0.3) is 0 Å². The van der Waals surface area contributed by atoms with Crippen molar-refractivity contribution in [1.29, 1.82) is 0 Å². The van der Waals surface area contributed by atoms with Gasteiger partial charge < -0.3 is 10.6 Å². The molecule has 4 aromatic rings. The number of aromatic nitrogens is 1. The van der Waals surface area contributed by atoms with Crippen LogP contribution in [0, 0.1) is 0 Å². The third-order valence-electron chi connectivity index (χ3n) is 5.42. The standard InChI is InChI=1S/C27H22Cl2N4O4S/c28-20-12-13-23(29)25(15-20)33(38(36,37)21-8-2-1-3-9-21)18-26(34)32-24-11-5-4-10-22(24)27(35)31-17-19-7-6-14-30-16-19/h1-16H,17-18H2,(H,31,35)(H,32,34).